The van der Waals surface area contributed by atoms with Gasteiger partial charge in [0, 0.05) is 41.6 Å². The smallest absolute Gasteiger partial charge is 0.347 e. The number of hydrogen-bond donors (Lipinski definition) is 0. The average Bonchev–Trinajstić information content (AvgIpc) is 3.22. The molecule has 0 amide bonds. The van der Waals surface area contributed by atoms with Crippen LogP contribution in [0.15, 0.2) is 96.7 Å². The zero-order valence-electron chi connectivity index (χ0n) is 23.3. The molecule has 4 aromatic carbocycles. The summed E-state index contributed by atoms with van der Waals surface area (Å²) in [6.07, 6.45) is 6.88. The quantitative estimate of drug-likeness (QED) is 0.187. The molecule has 0 fully saturated rings. The van der Waals surface area contributed by atoms with Crippen LogP contribution in [-0.4, -0.2) is 31.9 Å². The van der Waals surface area contributed by atoms with Crippen LogP contribution in [0.2, 0.25) is 0 Å². The molecule has 0 saturated carbocycles. The summed E-state index contributed by atoms with van der Waals surface area (Å²) in [5, 5.41) is 5.31. The molecule has 0 aliphatic carbocycles. The molecule has 0 saturated heterocycles. The van der Waals surface area contributed by atoms with Crippen LogP contribution in [-0.2, 0) is 10.8 Å². The molecule has 0 radical (unpaired) electrons. The number of hydrogen-bond acceptors (Lipinski definition) is 1. The van der Waals surface area contributed by atoms with E-state index in [1.54, 1.807) is 0 Å². The molecule has 2 heterocycles. The minimum absolute atomic E-state index is 0.0732. The Balaban J connectivity index is 0.000000723. The van der Waals surface area contributed by atoms with Gasteiger partial charge in [-0.25, -0.2) is 0 Å². The van der Waals surface area contributed by atoms with Gasteiger partial charge in [0.2, 0.25) is 5.69 Å². The van der Waals surface area contributed by atoms with Gasteiger partial charge < -0.3 is 4.90 Å². The van der Waals surface area contributed by atoms with E-state index in [2.05, 4.69) is 142 Å². The fraction of sp³-hybridized carbons (Fsp3) is 0.242. The maximum absolute atomic E-state index is 9.67. The van der Waals surface area contributed by atoms with Crippen LogP contribution in [0, 0.1) is 0 Å². The second-order valence-corrected chi connectivity index (χ2v) is 11.3. The van der Waals surface area contributed by atoms with E-state index >= 15 is 0 Å². The molecular formula is C33H33BF3N2+. The number of allylic oxidation sites excluding steroid dienone is 4. The molecule has 198 valence electrons. The van der Waals surface area contributed by atoms with Crippen molar-refractivity contribution in [2.24, 2.45) is 0 Å². The summed E-state index contributed by atoms with van der Waals surface area (Å²) in [4.78, 5) is 2.36. The molecule has 2 aliphatic rings. The molecule has 39 heavy (non-hydrogen) atoms. The van der Waals surface area contributed by atoms with Gasteiger partial charge in [-0.3, -0.25) is 12.9 Å². The highest BCUT2D eigenvalue weighted by molar-refractivity contribution is 6.33. The number of fused-ring (bicyclic) bond motifs is 6. The summed E-state index contributed by atoms with van der Waals surface area (Å²) in [6.45, 7) is 9.40. The minimum atomic E-state index is -3.67. The van der Waals surface area contributed by atoms with Crippen LogP contribution in [0.5, 0.6) is 0 Å². The third-order valence-electron chi connectivity index (χ3n) is 8.30. The lowest BCUT2D eigenvalue weighted by Crippen LogP contribution is -2.27. The highest BCUT2D eigenvalue weighted by atomic mass is 19.4. The number of rotatable bonds is 2. The number of nitrogens with zero attached hydrogens (tertiary/aromatic N) is 2. The van der Waals surface area contributed by atoms with Crippen LogP contribution in [0.4, 0.5) is 24.3 Å². The van der Waals surface area contributed by atoms with Crippen molar-refractivity contribution < 1.29 is 17.5 Å². The molecular weight excluding hydrogens is 492 g/mol. The van der Waals surface area contributed by atoms with E-state index in [4.69, 9.17) is 0 Å². The van der Waals surface area contributed by atoms with Crippen LogP contribution in [0.25, 0.3) is 21.5 Å². The van der Waals surface area contributed by atoms with Gasteiger partial charge in [0.05, 0.1) is 5.41 Å². The van der Waals surface area contributed by atoms with E-state index in [1.807, 2.05) is 0 Å². The van der Waals surface area contributed by atoms with Crippen LogP contribution < -0.4 is 4.90 Å². The lowest BCUT2D eigenvalue weighted by molar-refractivity contribution is -0.401. The first kappa shape index (κ1) is 26.8. The molecule has 0 spiro atoms. The minimum Gasteiger partial charge on any atom is -0.347 e. The Bertz CT molecular complexity index is 1680. The van der Waals surface area contributed by atoms with Gasteiger partial charge >= 0.3 is 7.54 Å². The number of anilines is 1. The van der Waals surface area contributed by atoms with Crippen molar-refractivity contribution in [3.63, 3.8) is 0 Å². The van der Waals surface area contributed by atoms with Gasteiger partial charge in [-0.2, -0.15) is 4.58 Å². The first-order valence-corrected chi connectivity index (χ1v) is 13.2. The van der Waals surface area contributed by atoms with Crippen molar-refractivity contribution in [3.05, 3.63) is 108 Å². The third kappa shape index (κ3) is 4.36. The molecule has 6 rings (SSSR count). The normalized spacial score (nSPS) is 18.1. The van der Waals surface area contributed by atoms with Gasteiger partial charge in [-0.05, 0) is 59.2 Å². The largest absolute Gasteiger partial charge is 0.762 e. The van der Waals surface area contributed by atoms with Crippen LogP contribution in [0.3, 0.4) is 0 Å². The lowest BCUT2D eigenvalue weighted by Gasteiger charge is -2.24. The average molecular weight is 525 g/mol. The fourth-order valence-corrected chi connectivity index (χ4v) is 6.62. The summed E-state index contributed by atoms with van der Waals surface area (Å²) >= 11 is 0. The van der Waals surface area contributed by atoms with Gasteiger partial charge in [0.1, 0.15) is 7.05 Å². The molecule has 6 heteroatoms. The van der Waals surface area contributed by atoms with Crippen molar-refractivity contribution >= 4 is 46.2 Å². The summed E-state index contributed by atoms with van der Waals surface area (Å²) in [5.41, 5.74) is 7.94. The lowest BCUT2D eigenvalue weighted by atomic mass is 9.79. The Hall–Kier alpha value is -3.80. The van der Waals surface area contributed by atoms with Gasteiger partial charge in [0.25, 0.3) is 0 Å². The predicted molar refractivity (Wildman–Crippen MR) is 160 cm³/mol. The Morgan fingerprint density at radius 2 is 1.28 bits per heavy atom. The molecule has 0 N–H and O–H groups in total. The highest BCUT2D eigenvalue weighted by Gasteiger charge is 2.44. The Labute approximate surface area is 229 Å². The van der Waals surface area contributed by atoms with E-state index in [0.717, 1.165) is 0 Å². The summed E-state index contributed by atoms with van der Waals surface area (Å²) in [7, 11) is 0.728. The van der Waals surface area contributed by atoms with E-state index in [0.29, 0.717) is 0 Å². The topological polar surface area (TPSA) is 6.25 Å². The van der Waals surface area contributed by atoms with Gasteiger partial charge in [-0.15, -0.1) is 0 Å². The molecule has 0 unspecified atom stereocenters. The third-order valence-corrected chi connectivity index (χ3v) is 8.30. The van der Waals surface area contributed by atoms with E-state index in [9.17, 15) is 12.9 Å². The highest BCUT2D eigenvalue weighted by Crippen LogP contribution is 2.50. The fourth-order valence-electron chi connectivity index (χ4n) is 6.62. The Morgan fingerprint density at radius 3 is 1.90 bits per heavy atom. The summed E-state index contributed by atoms with van der Waals surface area (Å²) in [5.74, 6) is 0. The summed E-state index contributed by atoms with van der Waals surface area (Å²) < 4.78 is 31.4. The van der Waals surface area contributed by atoms with Gasteiger partial charge in [-0.1, -0.05) is 74.5 Å². The first-order valence-electron chi connectivity index (χ1n) is 13.2. The predicted octanol–water partition coefficient (Wildman–Crippen LogP) is 8.75. The van der Waals surface area contributed by atoms with Gasteiger partial charge in [0.15, 0.2) is 5.71 Å². The van der Waals surface area contributed by atoms with E-state index in [1.165, 1.54) is 55.5 Å². The van der Waals surface area contributed by atoms with Crippen molar-refractivity contribution in [1.82, 2.24) is 0 Å². The zero-order chi connectivity index (χ0) is 28.1. The van der Waals surface area contributed by atoms with Crippen molar-refractivity contribution in [1.29, 1.82) is 0 Å². The molecule has 2 aliphatic heterocycles. The van der Waals surface area contributed by atoms with Crippen molar-refractivity contribution in [3.8, 4) is 0 Å². The Kier molecular flexibility index (Phi) is 6.70. The molecule has 0 aromatic heterocycles. The van der Waals surface area contributed by atoms with E-state index in [-0.39, 0.29) is 10.8 Å². The molecule has 4 aromatic rings. The van der Waals surface area contributed by atoms with Crippen LogP contribution in [0.1, 0.15) is 38.8 Å². The van der Waals surface area contributed by atoms with Crippen molar-refractivity contribution in [2.75, 3.05) is 19.0 Å². The second-order valence-electron chi connectivity index (χ2n) is 11.3. The molecule has 2 nitrogen and oxygen atoms in total. The van der Waals surface area contributed by atoms with Crippen molar-refractivity contribution in [2.45, 2.75) is 38.5 Å². The van der Waals surface area contributed by atoms with Crippen LogP contribution >= 0.6 is 0 Å². The zero-order valence-corrected chi connectivity index (χ0v) is 23.3. The summed E-state index contributed by atoms with van der Waals surface area (Å²) in [6, 6.07) is 26.5. The Morgan fingerprint density at radius 1 is 0.744 bits per heavy atom. The first-order chi connectivity index (χ1) is 18.5. The maximum Gasteiger partial charge on any atom is 0.762 e. The standard InChI is InChI=1S/C33H33N2.BF3/c1-32(2)28(34(5)26-20-18-22-12-7-9-14-24(22)30(26)32)16-11-17-29-33(3,4)31-25-15-10-8-13-23(25)19-21-27(31)35(29)6;2-1(3)4/h7-21H,1-6H3;/q+1;. The van der Waals surface area contributed by atoms with E-state index < -0.39 is 7.54 Å². The molecule has 0 atom stereocenters. The SMILES string of the molecule is CN1C(=CC=CC2=[N+](C)c3ccc4ccccc4c3C2(C)C)C(C)(C)c2c1ccc1ccccc21.FB(F)F. The maximum atomic E-state index is 9.67. The second kappa shape index (κ2) is 9.75. The monoisotopic (exact) mass is 525 g/mol. The number of likely N-dealkylation sites (N-methyl/N-ethyl adjacent to an activating group) is 1. The number of benzene rings is 4. The molecule has 0 bridgehead atoms. The number of halogens is 3.